The fourth-order valence-corrected chi connectivity index (χ4v) is 6.86. The first kappa shape index (κ1) is 29.7. The lowest BCUT2D eigenvalue weighted by Crippen LogP contribution is -2.00. The van der Waals surface area contributed by atoms with Gasteiger partial charge in [-0.1, -0.05) is 140 Å². The van der Waals surface area contributed by atoms with Crippen LogP contribution in [0.3, 0.4) is 0 Å². The summed E-state index contributed by atoms with van der Waals surface area (Å²) in [6, 6.07) is 57.0. The minimum atomic E-state index is 0.543. The number of rotatable bonds is 6. The fourth-order valence-electron chi connectivity index (χ4n) is 6.86. The van der Waals surface area contributed by atoms with Crippen LogP contribution >= 0.6 is 0 Å². The van der Waals surface area contributed by atoms with Crippen molar-refractivity contribution >= 4 is 33.0 Å². The Balaban J connectivity index is 1.16. The highest BCUT2D eigenvalue weighted by Crippen LogP contribution is 2.43. The molecule has 0 aliphatic heterocycles. The van der Waals surface area contributed by atoms with Gasteiger partial charge in [-0.05, 0) is 41.0 Å². The molecule has 3 aromatic heterocycles. The molecule has 7 aromatic carbocycles. The average Bonchev–Trinajstić information content (AvgIpc) is 3.82. The zero-order valence-corrected chi connectivity index (χ0v) is 27.8. The van der Waals surface area contributed by atoms with Crippen molar-refractivity contribution in [1.29, 1.82) is 0 Å². The Morgan fingerprint density at radius 2 is 0.865 bits per heavy atom. The molecule has 0 radical (unpaired) electrons. The number of fused-ring (bicyclic) bond motifs is 4. The Kier molecular flexibility index (Phi) is 7.03. The van der Waals surface area contributed by atoms with Gasteiger partial charge in [0.1, 0.15) is 16.7 Å². The molecule has 0 atom stereocenters. The Morgan fingerprint density at radius 1 is 0.346 bits per heavy atom. The van der Waals surface area contributed by atoms with Crippen LogP contribution in [0, 0.1) is 0 Å². The topological polar surface area (TPSA) is 77.8 Å². The molecule has 0 unspecified atom stereocenters. The van der Waals surface area contributed by atoms with Crippen LogP contribution in [0.2, 0.25) is 0 Å². The van der Waals surface area contributed by atoms with Crippen LogP contribution in [-0.2, 0) is 0 Å². The van der Waals surface area contributed by atoms with E-state index in [1.54, 1.807) is 0 Å². The summed E-state index contributed by atoms with van der Waals surface area (Å²) in [5.41, 5.74) is 10.6. The molecule has 52 heavy (non-hydrogen) atoms. The second-order valence-electron chi connectivity index (χ2n) is 12.7. The van der Waals surface area contributed by atoms with E-state index in [9.17, 15) is 0 Å². The molecular formula is C46H28N4O2. The molecule has 10 aromatic rings. The molecule has 0 aliphatic rings. The Labute approximate surface area is 298 Å². The third kappa shape index (κ3) is 5.22. The van der Waals surface area contributed by atoms with Gasteiger partial charge in [-0.25, -0.2) is 19.9 Å². The summed E-state index contributed by atoms with van der Waals surface area (Å²) in [6.45, 7) is 0. The van der Waals surface area contributed by atoms with Crippen molar-refractivity contribution < 1.29 is 8.83 Å². The van der Waals surface area contributed by atoms with E-state index >= 15 is 0 Å². The van der Waals surface area contributed by atoms with Gasteiger partial charge in [0.15, 0.2) is 23.1 Å². The zero-order chi connectivity index (χ0) is 34.4. The first-order valence-corrected chi connectivity index (χ1v) is 17.1. The summed E-state index contributed by atoms with van der Waals surface area (Å²) in [7, 11) is 0. The summed E-state index contributed by atoms with van der Waals surface area (Å²) in [5.74, 6) is 2.34. The molecule has 10 rings (SSSR count). The Hall–Kier alpha value is -7.18. The van der Waals surface area contributed by atoms with Crippen molar-refractivity contribution in [3.8, 4) is 67.9 Å². The van der Waals surface area contributed by atoms with Gasteiger partial charge in [0, 0.05) is 44.7 Å². The second-order valence-corrected chi connectivity index (χ2v) is 12.7. The van der Waals surface area contributed by atoms with Crippen LogP contribution < -0.4 is 0 Å². The molecule has 6 heteroatoms. The highest BCUT2D eigenvalue weighted by molar-refractivity contribution is 6.19. The molecule has 0 N–H and O–H groups in total. The van der Waals surface area contributed by atoms with E-state index in [1.165, 1.54) is 0 Å². The first-order chi connectivity index (χ1) is 25.7. The van der Waals surface area contributed by atoms with E-state index in [4.69, 9.17) is 28.8 Å². The summed E-state index contributed by atoms with van der Waals surface area (Å²) >= 11 is 0. The lowest BCUT2D eigenvalue weighted by Gasteiger charge is -2.10. The van der Waals surface area contributed by atoms with E-state index in [0.29, 0.717) is 34.5 Å². The van der Waals surface area contributed by atoms with Gasteiger partial charge in [-0.15, -0.1) is 0 Å². The van der Waals surface area contributed by atoms with Crippen LogP contribution in [0.1, 0.15) is 0 Å². The van der Waals surface area contributed by atoms with Gasteiger partial charge in [0.2, 0.25) is 5.89 Å². The average molecular weight is 669 g/mol. The minimum Gasteiger partial charge on any atom is -0.456 e. The highest BCUT2D eigenvalue weighted by atomic mass is 16.4. The van der Waals surface area contributed by atoms with Crippen molar-refractivity contribution in [3.63, 3.8) is 0 Å². The lowest BCUT2D eigenvalue weighted by molar-refractivity contribution is 0.621. The van der Waals surface area contributed by atoms with Crippen molar-refractivity contribution in [2.75, 3.05) is 0 Å². The van der Waals surface area contributed by atoms with Gasteiger partial charge in [0.25, 0.3) is 0 Å². The molecule has 0 bridgehead atoms. The van der Waals surface area contributed by atoms with E-state index in [2.05, 4.69) is 54.6 Å². The van der Waals surface area contributed by atoms with Crippen LogP contribution in [0.25, 0.3) is 101 Å². The number of nitrogens with zero attached hydrogens (tertiary/aromatic N) is 4. The van der Waals surface area contributed by atoms with Crippen molar-refractivity contribution in [2.24, 2.45) is 0 Å². The molecule has 0 saturated heterocycles. The fraction of sp³-hybridized carbons (Fsp3) is 0. The monoisotopic (exact) mass is 668 g/mol. The number of oxazole rings is 1. The summed E-state index contributed by atoms with van der Waals surface area (Å²) in [6.07, 6.45) is 0. The van der Waals surface area contributed by atoms with Crippen LogP contribution in [0.5, 0.6) is 0 Å². The molecule has 0 saturated carbocycles. The maximum atomic E-state index is 6.72. The summed E-state index contributed by atoms with van der Waals surface area (Å²) in [4.78, 5) is 19.9. The second kappa shape index (κ2) is 12.3. The number of hydrogen-bond acceptors (Lipinski definition) is 6. The number of hydrogen-bond donors (Lipinski definition) is 0. The predicted octanol–water partition coefficient (Wildman–Crippen LogP) is 11.9. The predicted molar refractivity (Wildman–Crippen MR) is 207 cm³/mol. The maximum Gasteiger partial charge on any atom is 0.227 e. The van der Waals surface area contributed by atoms with Crippen LogP contribution in [0.15, 0.2) is 179 Å². The molecule has 0 aliphatic carbocycles. The van der Waals surface area contributed by atoms with Crippen molar-refractivity contribution in [1.82, 2.24) is 19.9 Å². The Bertz CT molecular complexity index is 2820. The third-order valence-electron chi connectivity index (χ3n) is 9.37. The van der Waals surface area contributed by atoms with E-state index in [0.717, 1.165) is 66.4 Å². The highest BCUT2D eigenvalue weighted by Gasteiger charge is 2.22. The molecule has 0 amide bonds. The molecule has 6 nitrogen and oxygen atoms in total. The smallest absolute Gasteiger partial charge is 0.227 e. The molecular weight excluding hydrogens is 641 g/mol. The zero-order valence-electron chi connectivity index (χ0n) is 27.8. The molecule has 0 spiro atoms. The van der Waals surface area contributed by atoms with E-state index < -0.39 is 0 Å². The summed E-state index contributed by atoms with van der Waals surface area (Å²) < 4.78 is 13.1. The van der Waals surface area contributed by atoms with Gasteiger partial charge >= 0.3 is 0 Å². The van der Waals surface area contributed by atoms with Crippen molar-refractivity contribution in [3.05, 3.63) is 170 Å². The van der Waals surface area contributed by atoms with Crippen LogP contribution in [-0.4, -0.2) is 19.9 Å². The number of furan rings is 1. The molecule has 244 valence electrons. The lowest BCUT2D eigenvalue weighted by atomic mass is 9.96. The molecule has 0 fully saturated rings. The normalized spacial score (nSPS) is 11.5. The van der Waals surface area contributed by atoms with Gasteiger partial charge in [0.05, 0.1) is 0 Å². The largest absolute Gasteiger partial charge is 0.456 e. The first-order valence-electron chi connectivity index (χ1n) is 17.1. The maximum absolute atomic E-state index is 6.72. The minimum absolute atomic E-state index is 0.543. The van der Waals surface area contributed by atoms with Crippen molar-refractivity contribution in [2.45, 2.75) is 0 Å². The number of benzene rings is 7. The quantitative estimate of drug-likeness (QED) is 0.175. The van der Waals surface area contributed by atoms with E-state index in [-0.39, 0.29) is 0 Å². The third-order valence-corrected chi connectivity index (χ3v) is 9.37. The number of para-hydroxylation sites is 1. The SMILES string of the molecule is c1ccc(-c2ccc(-c3nc4cc5oc6ccccc6c5c(-c5cccc(-c6nc(-c7ccccc7)nc(-c7ccccc7)n6)c5)c4o3)cc2)cc1. The van der Waals surface area contributed by atoms with E-state index in [1.807, 2.05) is 115 Å². The standard InChI is InChI=1S/C46H28N4O2/c1-4-13-29(14-5-1)30-23-25-33(26-24-30)46-47-37-28-39-41(36-21-10-11-22-38(36)51-39)40(42(37)52-46)34-19-12-20-35(27-34)45-49-43(31-15-6-2-7-16-31)48-44(50-45)32-17-8-3-9-18-32/h1-28H. The molecule has 3 heterocycles. The van der Waals surface area contributed by atoms with Gasteiger partial charge in [-0.3, -0.25) is 0 Å². The Morgan fingerprint density at radius 3 is 1.54 bits per heavy atom. The van der Waals surface area contributed by atoms with Gasteiger partial charge in [-0.2, -0.15) is 0 Å². The summed E-state index contributed by atoms with van der Waals surface area (Å²) in [5, 5.41) is 1.97. The van der Waals surface area contributed by atoms with Crippen LogP contribution in [0.4, 0.5) is 0 Å². The number of aromatic nitrogens is 4. The van der Waals surface area contributed by atoms with Gasteiger partial charge < -0.3 is 8.83 Å².